The fraction of sp³-hybridized carbons (Fsp3) is 0.368. The number of carbonyl (C=O) groups excluding carboxylic acids is 1. The molecule has 0 aliphatic carbocycles. The van der Waals surface area contributed by atoms with E-state index in [1.807, 2.05) is 12.1 Å². The molecule has 1 aromatic carbocycles. The molecule has 142 valence electrons. The molecule has 1 unspecified atom stereocenters. The fourth-order valence-electron chi connectivity index (χ4n) is 2.86. The number of aromatic nitrogens is 4. The van der Waals surface area contributed by atoms with Crippen molar-refractivity contribution in [2.24, 2.45) is 5.92 Å². The zero-order valence-electron chi connectivity index (χ0n) is 15.7. The van der Waals surface area contributed by atoms with Gasteiger partial charge in [-0.3, -0.25) is 9.48 Å². The van der Waals surface area contributed by atoms with E-state index in [1.165, 1.54) is 4.68 Å². The topological polar surface area (TPSA) is 85.8 Å². The minimum atomic E-state index is -0.402. The van der Waals surface area contributed by atoms with Crippen LogP contribution in [0, 0.1) is 5.92 Å². The minimum Gasteiger partial charge on any atom is -0.358 e. The number of amides is 1. The van der Waals surface area contributed by atoms with Gasteiger partial charge < -0.3 is 9.84 Å². The first-order valence-corrected chi connectivity index (χ1v) is 9.47. The van der Waals surface area contributed by atoms with Crippen molar-refractivity contribution in [3.63, 3.8) is 0 Å². The first kappa shape index (κ1) is 19.3. The molecule has 0 spiro atoms. The lowest BCUT2D eigenvalue weighted by Gasteiger charge is -2.31. The summed E-state index contributed by atoms with van der Waals surface area (Å²) in [5.41, 5.74) is 1.39. The number of carbonyl (C=O) groups is 1. The van der Waals surface area contributed by atoms with Crippen LogP contribution in [0.1, 0.15) is 32.2 Å². The van der Waals surface area contributed by atoms with Gasteiger partial charge in [0.1, 0.15) is 6.54 Å². The molecule has 3 aromatic rings. The zero-order chi connectivity index (χ0) is 19.6. The average Bonchev–Trinajstić information content (AvgIpc) is 3.30. The third kappa shape index (κ3) is 3.80. The van der Waals surface area contributed by atoms with E-state index >= 15 is 0 Å². The SMILES string of the molecule is CNC(=O)Cn1cc(-c2nc(C(C)(c3ccc(Br)cc3)C(C)C)no2)cn1. The summed E-state index contributed by atoms with van der Waals surface area (Å²) < 4.78 is 8.07. The molecule has 1 atom stereocenters. The molecular formula is C19H22BrN5O2. The van der Waals surface area contributed by atoms with Crippen LogP contribution in [0.3, 0.4) is 0 Å². The van der Waals surface area contributed by atoms with Crippen LogP contribution in [-0.4, -0.2) is 32.9 Å². The molecule has 0 saturated carbocycles. The van der Waals surface area contributed by atoms with Crippen LogP contribution in [0.4, 0.5) is 0 Å². The lowest BCUT2D eigenvalue weighted by atomic mass is 9.73. The van der Waals surface area contributed by atoms with E-state index in [1.54, 1.807) is 19.4 Å². The predicted molar refractivity (Wildman–Crippen MR) is 105 cm³/mol. The quantitative estimate of drug-likeness (QED) is 0.645. The molecule has 2 aromatic heterocycles. The van der Waals surface area contributed by atoms with Crippen molar-refractivity contribution >= 4 is 21.8 Å². The van der Waals surface area contributed by atoms with Crippen molar-refractivity contribution in [3.05, 3.63) is 52.5 Å². The van der Waals surface area contributed by atoms with Crippen molar-refractivity contribution in [2.75, 3.05) is 7.05 Å². The van der Waals surface area contributed by atoms with Gasteiger partial charge >= 0.3 is 0 Å². The average molecular weight is 432 g/mol. The Morgan fingerprint density at radius 3 is 2.67 bits per heavy atom. The van der Waals surface area contributed by atoms with E-state index in [-0.39, 0.29) is 18.4 Å². The van der Waals surface area contributed by atoms with Gasteiger partial charge in [0.25, 0.3) is 5.89 Å². The molecule has 0 saturated heterocycles. The molecule has 27 heavy (non-hydrogen) atoms. The monoisotopic (exact) mass is 431 g/mol. The highest BCUT2D eigenvalue weighted by Gasteiger charge is 2.37. The van der Waals surface area contributed by atoms with Gasteiger partial charge in [0, 0.05) is 17.7 Å². The van der Waals surface area contributed by atoms with Gasteiger partial charge in [-0.1, -0.05) is 47.1 Å². The van der Waals surface area contributed by atoms with Gasteiger partial charge in [-0.05, 0) is 30.5 Å². The second kappa shape index (κ2) is 7.64. The van der Waals surface area contributed by atoms with Crippen molar-refractivity contribution in [1.82, 2.24) is 25.2 Å². The van der Waals surface area contributed by atoms with Crippen LogP contribution in [0.15, 0.2) is 45.7 Å². The maximum atomic E-state index is 11.5. The third-order valence-corrected chi connectivity index (χ3v) is 5.48. The molecule has 0 aliphatic heterocycles. The first-order valence-electron chi connectivity index (χ1n) is 8.68. The smallest absolute Gasteiger partial charge is 0.261 e. The molecule has 1 amide bonds. The Kier molecular flexibility index (Phi) is 5.46. The van der Waals surface area contributed by atoms with Crippen LogP contribution in [0.2, 0.25) is 0 Å². The number of rotatable bonds is 6. The van der Waals surface area contributed by atoms with E-state index in [4.69, 9.17) is 4.52 Å². The summed E-state index contributed by atoms with van der Waals surface area (Å²) in [5.74, 6) is 1.13. The fourth-order valence-corrected chi connectivity index (χ4v) is 3.12. The Bertz CT molecular complexity index is 932. The van der Waals surface area contributed by atoms with Gasteiger partial charge in [-0.2, -0.15) is 10.1 Å². The highest BCUT2D eigenvalue weighted by atomic mass is 79.9. The van der Waals surface area contributed by atoms with Crippen LogP contribution < -0.4 is 5.32 Å². The molecule has 8 heteroatoms. The van der Waals surface area contributed by atoms with E-state index in [0.717, 1.165) is 10.0 Å². The maximum absolute atomic E-state index is 11.5. The summed E-state index contributed by atoms with van der Waals surface area (Å²) in [6.07, 6.45) is 3.34. The molecule has 0 radical (unpaired) electrons. The molecule has 0 bridgehead atoms. The Balaban J connectivity index is 1.93. The molecule has 2 heterocycles. The number of nitrogens with zero attached hydrogens (tertiary/aromatic N) is 4. The lowest BCUT2D eigenvalue weighted by Crippen LogP contribution is -2.31. The molecule has 1 N–H and O–H groups in total. The van der Waals surface area contributed by atoms with E-state index < -0.39 is 5.41 Å². The normalized spacial score (nSPS) is 13.6. The molecular weight excluding hydrogens is 410 g/mol. The van der Waals surface area contributed by atoms with Crippen LogP contribution in [0.5, 0.6) is 0 Å². The number of halogens is 1. The highest BCUT2D eigenvalue weighted by molar-refractivity contribution is 9.10. The zero-order valence-corrected chi connectivity index (χ0v) is 17.3. The summed E-state index contributed by atoms with van der Waals surface area (Å²) in [6, 6.07) is 8.17. The molecule has 0 aliphatic rings. The van der Waals surface area contributed by atoms with E-state index in [2.05, 4.69) is 69.4 Å². The largest absolute Gasteiger partial charge is 0.358 e. The predicted octanol–water partition coefficient (Wildman–Crippen LogP) is 3.40. The van der Waals surface area contributed by atoms with E-state index in [0.29, 0.717) is 17.3 Å². The summed E-state index contributed by atoms with van der Waals surface area (Å²) in [7, 11) is 1.59. The number of hydrogen-bond acceptors (Lipinski definition) is 5. The van der Waals surface area contributed by atoms with Crippen LogP contribution in [-0.2, 0) is 16.8 Å². The second-order valence-electron chi connectivity index (χ2n) is 6.89. The summed E-state index contributed by atoms with van der Waals surface area (Å²) in [6.45, 7) is 6.53. The van der Waals surface area contributed by atoms with Gasteiger partial charge in [0.2, 0.25) is 5.91 Å². The number of likely N-dealkylation sites (N-methyl/N-ethyl adjacent to an activating group) is 1. The Labute approximate surface area is 166 Å². The minimum absolute atomic E-state index is 0.126. The number of hydrogen-bond donors (Lipinski definition) is 1. The number of nitrogens with one attached hydrogen (secondary N) is 1. The lowest BCUT2D eigenvalue weighted by molar-refractivity contribution is -0.121. The van der Waals surface area contributed by atoms with Gasteiger partial charge in [-0.15, -0.1) is 0 Å². The Hall–Kier alpha value is -2.48. The summed E-state index contributed by atoms with van der Waals surface area (Å²) in [4.78, 5) is 16.1. The number of benzene rings is 1. The third-order valence-electron chi connectivity index (χ3n) is 4.95. The maximum Gasteiger partial charge on any atom is 0.261 e. The van der Waals surface area contributed by atoms with Gasteiger partial charge in [0.15, 0.2) is 5.82 Å². The molecule has 7 nitrogen and oxygen atoms in total. The molecule has 0 fully saturated rings. The van der Waals surface area contributed by atoms with Gasteiger partial charge in [-0.25, -0.2) is 0 Å². The Morgan fingerprint density at radius 1 is 1.33 bits per heavy atom. The van der Waals surface area contributed by atoms with E-state index in [9.17, 15) is 4.79 Å². The molecule has 3 rings (SSSR count). The second-order valence-corrected chi connectivity index (χ2v) is 7.80. The van der Waals surface area contributed by atoms with Crippen molar-refractivity contribution in [1.29, 1.82) is 0 Å². The van der Waals surface area contributed by atoms with Crippen molar-refractivity contribution in [2.45, 2.75) is 32.7 Å². The van der Waals surface area contributed by atoms with Crippen LogP contribution in [0.25, 0.3) is 11.5 Å². The van der Waals surface area contributed by atoms with Crippen molar-refractivity contribution in [3.8, 4) is 11.5 Å². The van der Waals surface area contributed by atoms with Gasteiger partial charge in [0.05, 0.1) is 17.2 Å². The summed E-state index contributed by atoms with van der Waals surface area (Å²) in [5, 5.41) is 11.0. The highest BCUT2D eigenvalue weighted by Crippen LogP contribution is 2.38. The standard InChI is InChI=1S/C19H22BrN5O2/c1-12(2)19(3,14-5-7-15(20)8-6-14)18-23-17(27-24-18)13-9-22-25(10-13)11-16(26)21-4/h5-10,12H,11H2,1-4H3,(H,21,26). The Morgan fingerprint density at radius 2 is 2.04 bits per heavy atom. The summed E-state index contributed by atoms with van der Waals surface area (Å²) >= 11 is 3.48. The first-order chi connectivity index (χ1) is 12.8. The van der Waals surface area contributed by atoms with Crippen molar-refractivity contribution < 1.29 is 9.32 Å². The van der Waals surface area contributed by atoms with Crippen LogP contribution >= 0.6 is 15.9 Å².